The number of hydrogen-bond acceptors (Lipinski definition) is 2. The van der Waals surface area contributed by atoms with Gasteiger partial charge in [-0.1, -0.05) is 143 Å². The normalized spacial score (nSPS) is 26.0. The first-order valence-corrected chi connectivity index (χ1v) is 19.1. The van der Waals surface area contributed by atoms with Crippen molar-refractivity contribution in [1.29, 1.82) is 0 Å². The number of fused-ring (bicyclic) bond motifs is 1. The fraction of sp³-hybridized carbons (Fsp3) is 0.375. The van der Waals surface area contributed by atoms with Gasteiger partial charge in [0.05, 0.1) is 17.8 Å². The summed E-state index contributed by atoms with van der Waals surface area (Å²) in [5.41, 5.74) is 15.5. The quantitative estimate of drug-likeness (QED) is 0.278. The summed E-state index contributed by atoms with van der Waals surface area (Å²) in [5.74, 6) is 1.97. The number of aryl methyl sites for hydroxylation is 1. The molecular weight excluding hydrogens is 605 g/mol. The number of allylic oxidation sites excluding steroid dienone is 11. The zero-order valence-corrected chi connectivity index (χ0v) is 31.5. The Morgan fingerprint density at radius 1 is 0.760 bits per heavy atom. The van der Waals surface area contributed by atoms with Gasteiger partial charge in [-0.15, -0.1) is 0 Å². The number of anilines is 2. The van der Waals surface area contributed by atoms with Crippen LogP contribution in [0.4, 0.5) is 11.4 Å². The monoisotopic (exact) mass is 660 g/mol. The van der Waals surface area contributed by atoms with Crippen LogP contribution in [-0.4, -0.2) is 17.0 Å². The Morgan fingerprint density at radius 2 is 1.50 bits per heavy atom. The highest BCUT2D eigenvalue weighted by Crippen LogP contribution is 2.53. The average molecular weight is 661 g/mol. The third-order valence-electron chi connectivity index (χ3n) is 11.6. The van der Waals surface area contributed by atoms with Crippen LogP contribution in [0.25, 0.3) is 0 Å². The van der Waals surface area contributed by atoms with Crippen molar-refractivity contribution in [3.8, 4) is 0 Å². The van der Waals surface area contributed by atoms with E-state index in [4.69, 9.17) is 0 Å². The first-order chi connectivity index (χ1) is 24.1. The molecular formula is C48H56N2. The number of para-hydroxylation sites is 1. The molecule has 0 amide bonds. The molecule has 7 rings (SSSR count). The lowest BCUT2D eigenvalue weighted by atomic mass is 9.65. The van der Waals surface area contributed by atoms with Crippen LogP contribution in [0.1, 0.15) is 73.3 Å². The molecule has 2 heteroatoms. The van der Waals surface area contributed by atoms with Crippen molar-refractivity contribution in [3.05, 3.63) is 166 Å². The summed E-state index contributed by atoms with van der Waals surface area (Å²) >= 11 is 0. The summed E-state index contributed by atoms with van der Waals surface area (Å²) < 4.78 is 0. The van der Waals surface area contributed by atoms with Gasteiger partial charge in [0, 0.05) is 28.6 Å². The average Bonchev–Trinajstić information content (AvgIpc) is 3.11. The van der Waals surface area contributed by atoms with Crippen molar-refractivity contribution in [1.82, 2.24) is 4.90 Å². The van der Waals surface area contributed by atoms with Crippen molar-refractivity contribution in [3.63, 3.8) is 0 Å². The van der Waals surface area contributed by atoms with Crippen molar-refractivity contribution >= 4 is 11.4 Å². The molecule has 0 N–H and O–H groups in total. The maximum atomic E-state index is 2.78. The molecule has 0 fully saturated rings. The highest BCUT2D eigenvalue weighted by Gasteiger charge is 2.46. The van der Waals surface area contributed by atoms with Crippen LogP contribution in [0.3, 0.4) is 0 Å². The standard InChI is InChI=1S/C48H56N2/c1-31(2)37-22-27-42-43(29-37)48(49(39-15-10-9-11-16-39)40-23-18-33(5)19-24-40)46-36(8)28-38(32(3)4)30-44(46)47(42)50(41-25-20-34(6)21-26-41)45-17-13-12-14-35(45)7/h9-13,15-25,27,29-32,35-36,41,43,48H,14,26,28H2,1-8H3. The van der Waals surface area contributed by atoms with Crippen molar-refractivity contribution < 1.29 is 0 Å². The van der Waals surface area contributed by atoms with Gasteiger partial charge in [0.1, 0.15) is 0 Å². The first kappa shape index (κ1) is 34.2. The summed E-state index contributed by atoms with van der Waals surface area (Å²) in [6, 6.07) is 20.8. The predicted octanol–water partition coefficient (Wildman–Crippen LogP) is 12.5. The van der Waals surface area contributed by atoms with Crippen molar-refractivity contribution in [2.75, 3.05) is 4.90 Å². The van der Waals surface area contributed by atoms with Gasteiger partial charge in [0.15, 0.2) is 0 Å². The Balaban J connectivity index is 1.56. The topological polar surface area (TPSA) is 6.48 Å². The van der Waals surface area contributed by atoms with E-state index in [9.17, 15) is 0 Å². The zero-order chi connectivity index (χ0) is 35.1. The molecule has 0 aromatic heterocycles. The van der Waals surface area contributed by atoms with E-state index in [1.54, 1.807) is 11.1 Å². The van der Waals surface area contributed by atoms with Gasteiger partial charge >= 0.3 is 0 Å². The minimum Gasteiger partial charge on any atom is -0.337 e. The largest absolute Gasteiger partial charge is 0.337 e. The molecule has 2 aromatic carbocycles. The second-order valence-electron chi connectivity index (χ2n) is 16.0. The van der Waals surface area contributed by atoms with Crippen molar-refractivity contribution in [2.45, 2.75) is 86.7 Å². The minimum absolute atomic E-state index is 0.135. The Hall–Kier alpha value is -4.30. The van der Waals surface area contributed by atoms with Crippen molar-refractivity contribution in [2.24, 2.45) is 29.6 Å². The molecule has 0 saturated heterocycles. The molecule has 5 unspecified atom stereocenters. The third kappa shape index (κ3) is 6.39. The molecule has 5 atom stereocenters. The van der Waals surface area contributed by atoms with E-state index < -0.39 is 0 Å². The van der Waals surface area contributed by atoms with E-state index in [1.807, 2.05) is 0 Å². The number of benzene rings is 2. The zero-order valence-electron chi connectivity index (χ0n) is 31.5. The van der Waals surface area contributed by atoms with E-state index in [0.29, 0.717) is 23.7 Å². The van der Waals surface area contributed by atoms with E-state index >= 15 is 0 Å². The Kier molecular flexibility index (Phi) is 9.66. The summed E-state index contributed by atoms with van der Waals surface area (Å²) in [5, 5.41) is 0. The molecule has 0 heterocycles. The summed E-state index contributed by atoms with van der Waals surface area (Å²) in [7, 11) is 0. The van der Waals surface area contributed by atoms with Gasteiger partial charge in [-0.05, 0) is 104 Å². The lowest BCUT2D eigenvalue weighted by Gasteiger charge is -2.51. The van der Waals surface area contributed by atoms with Gasteiger partial charge < -0.3 is 9.80 Å². The molecule has 0 spiro atoms. The Bertz CT molecular complexity index is 1880. The second-order valence-corrected chi connectivity index (χ2v) is 16.0. The highest BCUT2D eigenvalue weighted by molar-refractivity contribution is 5.71. The first-order valence-electron chi connectivity index (χ1n) is 19.1. The van der Waals surface area contributed by atoms with Gasteiger partial charge in [0.25, 0.3) is 0 Å². The number of hydrogen-bond donors (Lipinski definition) is 0. The minimum atomic E-state index is 0.135. The van der Waals surface area contributed by atoms with E-state index in [0.717, 1.165) is 19.3 Å². The van der Waals surface area contributed by atoms with Crippen LogP contribution in [-0.2, 0) is 0 Å². The highest BCUT2D eigenvalue weighted by atomic mass is 15.2. The van der Waals surface area contributed by atoms with E-state index in [-0.39, 0.29) is 18.0 Å². The molecule has 2 nitrogen and oxygen atoms in total. The molecule has 5 aliphatic rings. The van der Waals surface area contributed by atoms with E-state index in [1.165, 1.54) is 50.6 Å². The van der Waals surface area contributed by atoms with Crippen LogP contribution in [0.15, 0.2) is 160 Å². The molecule has 5 aliphatic carbocycles. The Morgan fingerprint density at radius 3 is 2.16 bits per heavy atom. The van der Waals surface area contributed by atoms with Gasteiger partial charge in [0.2, 0.25) is 0 Å². The molecule has 0 bridgehead atoms. The predicted molar refractivity (Wildman–Crippen MR) is 214 cm³/mol. The van der Waals surface area contributed by atoms with E-state index in [2.05, 4.69) is 181 Å². The van der Waals surface area contributed by atoms with Crippen LogP contribution in [0.2, 0.25) is 0 Å². The second kappa shape index (κ2) is 14.1. The lowest BCUT2D eigenvalue weighted by Crippen LogP contribution is -2.48. The van der Waals surface area contributed by atoms with Gasteiger partial charge in [-0.2, -0.15) is 0 Å². The van der Waals surface area contributed by atoms with Crippen LogP contribution in [0.5, 0.6) is 0 Å². The molecule has 258 valence electrons. The Labute approximate surface area is 302 Å². The van der Waals surface area contributed by atoms with Crippen LogP contribution in [0, 0.1) is 36.5 Å². The van der Waals surface area contributed by atoms with Gasteiger partial charge in [-0.25, -0.2) is 0 Å². The fourth-order valence-corrected chi connectivity index (χ4v) is 8.78. The maximum Gasteiger partial charge on any atom is 0.0668 e. The smallest absolute Gasteiger partial charge is 0.0668 e. The molecule has 0 aliphatic heterocycles. The maximum absolute atomic E-state index is 2.78. The SMILES string of the molecule is CC1=CCC(N(C2=CC=CCC2C)C2=C3C=CC(C(C)C)=CC3C(N(c3ccccc3)c3ccc(C)cc3)C3=C2C=C(C(C)C)CC3C)C=C1. The molecule has 50 heavy (non-hydrogen) atoms. The molecule has 2 aromatic rings. The van der Waals surface area contributed by atoms with Crippen LogP contribution < -0.4 is 4.90 Å². The van der Waals surface area contributed by atoms with Gasteiger partial charge in [-0.3, -0.25) is 0 Å². The fourth-order valence-electron chi connectivity index (χ4n) is 8.78. The third-order valence-corrected chi connectivity index (χ3v) is 11.6. The summed E-state index contributed by atoms with van der Waals surface area (Å²) in [4.78, 5) is 5.46. The number of nitrogens with zero attached hydrogens (tertiary/aromatic N) is 2. The number of rotatable bonds is 8. The summed E-state index contributed by atoms with van der Waals surface area (Å²) in [6.07, 6.45) is 27.7. The molecule has 0 saturated carbocycles. The molecule has 0 radical (unpaired) electrons. The van der Waals surface area contributed by atoms with Crippen LogP contribution >= 0.6 is 0 Å². The summed E-state index contributed by atoms with van der Waals surface area (Å²) in [6.45, 7) is 18.8. The lowest BCUT2D eigenvalue weighted by molar-refractivity contribution is 0.314.